The van der Waals surface area contributed by atoms with Gasteiger partial charge in [0.15, 0.2) is 0 Å². The molecule has 0 aromatic heterocycles. The van der Waals surface area contributed by atoms with Gasteiger partial charge in [-0.3, -0.25) is 0 Å². The fourth-order valence-electron chi connectivity index (χ4n) is 4.07. The lowest BCUT2D eigenvalue weighted by molar-refractivity contribution is 0.286. The maximum atomic E-state index is 9.24. The van der Waals surface area contributed by atoms with E-state index in [1.807, 2.05) is 30.0 Å². The van der Waals surface area contributed by atoms with Gasteiger partial charge in [0.1, 0.15) is 5.75 Å². The summed E-state index contributed by atoms with van der Waals surface area (Å²) in [6.07, 6.45) is 0. The average Bonchev–Trinajstić information content (AvgIpc) is 2.60. The van der Waals surface area contributed by atoms with Crippen LogP contribution in [0.1, 0.15) is 36.6 Å². The third kappa shape index (κ3) is 2.12. The third-order valence-electron chi connectivity index (χ3n) is 5.46. The Hall–Kier alpha value is -2.12. The van der Waals surface area contributed by atoms with Gasteiger partial charge in [0.2, 0.25) is 0 Å². The van der Waals surface area contributed by atoms with Gasteiger partial charge < -0.3 is 10.1 Å². The molecule has 122 valence electrons. The highest BCUT2D eigenvalue weighted by molar-refractivity contribution is 7.99. The van der Waals surface area contributed by atoms with Gasteiger partial charge in [-0.1, -0.05) is 26.0 Å². The van der Waals surface area contributed by atoms with Crippen LogP contribution in [-0.2, 0) is 5.41 Å². The van der Waals surface area contributed by atoms with Crippen LogP contribution >= 0.6 is 11.8 Å². The number of hydrogen-bond donors (Lipinski definition) is 1. The van der Waals surface area contributed by atoms with E-state index in [-0.39, 0.29) is 11.5 Å². The molecule has 2 aromatic carbocycles. The number of nitrogens with zero attached hydrogens (tertiary/aromatic N) is 1. The van der Waals surface area contributed by atoms with E-state index in [0.717, 1.165) is 17.2 Å². The normalized spacial score (nSPS) is 23.1. The van der Waals surface area contributed by atoms with Gasteiger partial charge in [-0.25, -0.2) is 0 Å². The van der Waals surface area contributed by atoms with Crippen LogP contribution in [0.4, 0.5) is 5.69 Å². The lowest BCUT2D eigenvalue weighted by Crippen LogP contribution is -2.44. The molecular weight excluding hydrogens is 316 g/mol. The Labute approximate surface area is 147 Å². The Bertz CT molecular complexity index is 839. The molecule has 2 aromatic rings. The van der Waals surface area contributed by atoms with Gasteiger partial charge in [0, 0.05) is 27.8 Å². The molecule has 2 aliphatic heterocycles. The summed E-state index contributed by atoms with van der Waals surface area (Å²) in [5, 5.41) is 13.0. The van der Waals surface area contributed by atoms with E-state index in [4.69, 9.17) is 4.74 Å². The Kier molecular flexibility index (Phi) is 3.51. The number of nitrogens with one attached hydrogen (secondary N) is 1. The number of benzene rings is 2. The number of hydrogen-bond acceptors (Lipinski definition) is 4. The van der Waals surface area contributed by atoms with Crippen LogP contribution < -0.4 is 10.1 Å². The second kappa shape index (κ2) is 5.46. The lowest BCUT2D eigenvalue weighted by atomic mass is 9.66. The van der Waals surface area contributed by atoms with Crippen LogP contribution in [0.15, 0.2) is 41.3 Å². The molecule has 0 saturated heterocycles. The molecule has 24 heavy (non-hydrogen) atoms. The molecule has 2 unspecified atom stereocenters. The Morgan fingerprint density at radius 3 is 2.88 bits per heavy atom. The molecular formula is C20H20N2OS. The smallest absolute Gasteiger partial charge is 0.125 e. The van der Waals surface area contributed by atoms with Crippen LogP contribution in [0.3, 0.4) is 0 Å². The number of methoxy groups -OCH3 is 1. The summed E-state index contributed by atoms with van der Waals surface area (Å²) in [5.41, 5.74) is 4.35. The Morgan fingerprint density at radius 1 is 1.29 bits per heavy atom. The van der Waals surface area contributed by atoms with Crippen LogP contribution in [0.2, 0.25) is 0 Å². The monoisotopic (exact) mass is 336 g/mol. The SMILES string of the molecule is COc1cccc2c1C1Nc3cc(C#N)ccc3C(C)(C)C1CS2. The van der Waals surface area contributed by atoms with Crippen molar-refractivity contribution in [2.45, 2.75) is 30.2 Å². The zero-order chi connectivity index (χ0) is 16.9. The molecule has 1 N–H and O–H groups in total. The summed E-state index contributed by atoms with van der Waals surface area (Å²) < 4.78 is 5.66. The molecule has 2 heterocycles. The second-order valence-electron chi connectivity index (χ2n) is 7.01. The minimum Gasteiger partial charge on any atom is -0.496 e. The lowest BCUT2D eigenvalue weighted by Gasteiger charge is -2.49. The highest BCUT2D eigenvalue weighted by Gasteiger charge is 2.46. The summed E-state index contributed by atoms with van der Waals surface area (Å²) >= 11 is 1.92. The first-order valence-corrected chi connectivity index (χ1v) is 9.15. The first kappa shape index (κ1) is 15.4. The summed E-state index contributed by atoms with van der Waals surface area (Å²) in [5.74, 6) is 2.48. The molecule has 4 rings (SSSR count). The van der Waals surface area contributed by atoms with Crippen LogP contribution in [0.25, 0.3) is 0 Å². The van der Waals surface area contributed by atoms with Gasteiger partial charge >= 0.3 is 0 Å². The number of anilines is 1. The number of nitriles is 1. The van der Waals surface area contributed by atoms with Gasteiger partial charge in [0.05, 0.1) is 24.8 Å². The van der Waals surface area contributed by atoms with Crippen molar-refractivity contribution in [2.75, 3.05) is 18.2 Å². The van der Waals surface area contributed by atoms with Gasteiger partial charge in [-0.05, 0) is 35.2 Å². The number of rotatable bonds is 1. The third-order valence-corrected chi connectivity index (χ3v) is 6.65. The first-order chi connectivity index (χ1) is 11.6. The number of ether oxygens (including phenoxy) is 1. The van der Waals surface area contributed by atoms with Crippen molar-refractivity contribution < 1.29 is 4.74 Å². The van der Waals surface area contributed by atoms with Gasteiger partial charge in [0.25, 0.3) is 0 Å². The molecule has 4 heteroatoms. The first-order valence-electron chi connectivity index (χ1n) is 8.17. The highest BCUT2D eigenvalue weighted by atomic mass is 32.2. The maximum Gasteiger partial charge on any atom is 0.125 e. The number of thioether (sulfide) groups is 1. The molecule has 0 aliphatic carbocycles. The molecule has 0 spiro atoms. The van der Waals surface area contributed by atoms with E-state index in [0.29, 0.717) is 11.5 Å². The van der Waals surface area contributed by atoms with Crippen molar-refractivity contribution in [3.63, 3.8) is 0 Å². The topological polar surface area (TPSA) is 45.0 Å². The minimum atomic E-state index is 0.0325. The summed E-state index contributed by atoms with van der Waals surface area (Å²) in [6, 6.07) is 14.7. The Balaban J connectivity index is 1.90. The average molecular weight is 336 g/mol. The molecule has 0 amide bonds. The van der Waals surface area contributed by atoms with Gasteiger partial charge in [-0.2, -0.15) is 5.26 Å². The van der Waals surface area contributed by atoms with Crippen LogP contribution in [-0.4, -0.2) is 12.9 Å². The van der Waals surface area contributed by atoms with Crippen molar-refractivity contribution in [3.05, 3.63) is 53.1 Å². The maximum absolute atomic E-state index is 9.24. The molecule has 2 atom stereocenters. The summed E-state index contributed by atoms with van der Waals surface area (Å²) in [7, 11) is 1.74. The molecule has 0 radical (unpaired) electrons. The van der Waals surface area contributed by atoms with E-state index in [1.165, 1.54) is 16.0 Å². The molecule has 0 bridgehead atoms. The molecule has 3 nitrogen and oxygen atoms in total. The van der Waals surface area contributed by atoms with Gasteiger partial charge in [-0.15, -0.1) is 11.8 Å². The molecule has 2 aliphatic rings. The van der Waals surface area contributed by atoms with Crippen LogP contribution in [0, 0.1) is 17.2 Å². The summed E-state index contributed by atoms with van der Waals surface area (Å²) in [6.45, 7) is 4.63. The molecule has 0 saturated carbocycles. The second-order valence-corrected chi connectivity index (χ2v) is 8.07. The highest BCUT2D eigenvalue weighted by Crippen LogP contribution is 2.55. The van der Waals surface area contributed by atoms with E-state index >= 15 is 0 Å². The fraction of sp³-hybridized carbons (Fsp3) is 0.350. The predicted molar refractivity (Wildman–Crippen MR) is 97.8 cm³/mol. The standard InChI is InChI=1S/C20H20N2OS/c1-20(2)13-8-7-12(10-21)9-15(13)22-19-14(20)11-24-17-6-4-5-16(23-3)18(17)19/h4-9,14,19,22H,11H2,1-3H3. The van der Waals surface area contributed by atoms with Crippen molar-refractivity contribution in [1.82, 2.24) is 0 Å². The van der Waals surface area contributed by atoms with E-state index < -0.39 is 0 Å². The molecule has 0 fully saturated rings. The van der Waals surface area contributed by atoms with Crippen molar-refractivity contribution in [3.8, 4) is 11.8 Å². The minimum absolute atomic E-state index is 0.0325. The Morgan fingerprint density at radius 2 is 2.12 bits per heavy atom. The zero-order valence-corrected chi connectivity index (χ0v) is 14.9. The van der Waals surface area contributed by atoms with Crippen molar-refractivity contribution in [1.29, 1.82) is 5.26 Å². The summed E-state index contributed by atoms with van der Waals surface area (Å²) in [4.78, 5) is 1.29. The predicted octanol–water partition coefficient (Wildman–Crippen LogP) is 4.73. The van der Waals surface area contributed by atoms with E-state index in [1.54, 1.807) is 7.11 Å². The van der Waals surface area contributed by atoms with E-state index in [2.05, 4.69) is 43.4 Å². The van der Waals surface area contributed by atoms with Crippen LogP contribution in [0.5, 0.6) is 5.75 Å². The quantitative estimate of drug-likeness (QED) is 0.817. The van der Waals surface area contributed by atoms with Crippen molar-refractivity contribution in [2.24, 2.45) is 5.92 Å². The fourth-order valence-corrected chi connectivity index (χ4v) is 5.60. The zero-order valence-electron chi connectivity index (χ0n) is 14.1. The van der Waals surface area contributed by atoms with Crippen molar-refractivity contribution >= 4 is 17.4 Å². The number of fused-ring (bicyclic) bond motifs is 4. The largest absolute Gasteiger partial charge is 0.496 e. The van der Waals surface area contributed by atoms with E-state index in [9.17, 15) is 5.26 Å².